The summed E-state index contributed by atoms with van der Waals surface area (Å²) >= 11 is 0. The standard InChI is InChI=1S/C25H31N3O/c1-17(2)27-13-11-25(12-14-27)28-23(20-7-5-6-8-24(20)29-25)16-22(26-28)21-15-18(3)9-10-19(21)4/h5-10,15-17,23,26H,11-14H2,1-4H3/p+1/t23-/m1/s1. The predicted molar refractivity (Wildman–Crippen MR) is 116 cm³/mol. The summed E-state index contributed by atoms with van der Waals surface area (Å²) in [6.07, 6.45) is 4.46. The van der Waals surface area contributed by atoms with Crippen LogP contribution in [0.15, 0.2) is 48.5 Å². The molecule has 0 amide bonds. The molecule has 3 aliphatic rings. The number of aryl methyl sites for hydroxylation is 2. The number of piperidine rings is 1. The van der Waals surface area contributed by atoms with Crippen LogP contribution in [0.3, 0.4) is 0 Å². The van der Waals surface area contributed by atoms with Crippen molar-refractivity contribution in [1.29, 1.82) is 0 Å². The van der Waals surface area contributed by atoms with Crippen molar-refractivity contribution >= 4 is 5.70 Å². The average Bonchev–Trinajstić information content (AvgIpc) is 3.17. The highest BCUT2D eigenvalue weighted by molar-refractivity contribution is 5.70. The number of hydrogen-bond donors (Lipinski definition) is 2. The number of ether oxygens (including phenoxy) is 1. The van der Waals surface area contributed by atoms with Crippen LogP contribution >= 0.6 is 0 Å². The van der Waals surface area contributed by atoms with E-state index in [9.17, 15) is 0 Å². The first-order chi connectivity index (χ1) is 14.0. The molecule has 3 heterocycles. The van der Waals surface area contributed by atoms with Crippen LogP contribution in [0.25, 0.3) is 5.70 Å². The van der Waals surface area contributed by atoms with E-state index in [1.807, 2.05) is 0 Å². The third kappa shape index (κ3) is 3.06. The van der Waals surface area contributed by atoms with E-state index in [0.717, 1.165) is 31.7 Å². The molecule has 1 saturated heterocycles. The van der Waals surface area contributed by atoms with Crippen LogP contribution in [0.4, 0.5) is 0 Å². The summed E-state index contributed by atoms with van der Waals surface area (Å²) in [6.45, 7) is 11.3. The monoisotopic (exact) mass is 390 g/mol. The molecule has 5 rings (SSSR count). The number of hydrogen-bond acceptors (Lipinski definition) is 3. The SMILES string of the molecule is Cc1ccc(C)c(C2=C[C@@H]3c4ccccc4OC4(CC[NH+](C(C)C)CC4)N3N2)c1. The van der Waals surface area contributed by atoms with E-state index in [4.69, 9.17) is 4.74 Å². The Morgan fingerprint density at radius 1 is 1.10 bits per heavy atom. The van der Waals surface area contributed by atoms with Gasteiger partial charge in [-0.2, -0.15) is 5.01 Å². The molecule has 0 bridgehead atoms. The molecular formula is C25H32N3O+. The molecule has 3 aliphatic heterocycles. The summed E-state index contributed by atoms with van der Waals surface area (Å²) in [4.78, 5) is 1.68. The molecule has 4 nitrogen and oxygen atoms in total. The lowest BCUT2D eigenvalue weighted by Crippen LogP contribution is -3.16. The minimum atomic E-state index is -0.284. The van der Waals surface area contributed by atoms with Crippen molar-refractivity contribution in [2.24, 2.45) is 0 Å². The van der Waals surface area contributed by atoms with E-state index >= 15 is 0 Å². The molecule has 4 heteroatoms. The third-order valence-corrected chi connectivity index (χ3v) is 6.99. The molecule has 0 saturated carbocycles. The minimum absolute atomic E-state index is 0.204. The van der Waals surface area contributed by atoms with Gasteiger partial charge in [-0.05, 0) is 51.5 Å². The third-order valence-electron chi connectivity index (χ3n) is 6.99. The van der Waals surface area contributed by atoms with E-state index in [1.165, 1.54) is 28.0 Å². The maximum atomic E-state index is 6.76. The topological polar surface area (TPSA) is 28.9 Å². The summed E-state index contributed by atoms with van der Waals surface area (Å²) < 4.78 is 6.76. The van der Waals surface area contributed by atoms with Gasteiger partial charge in [0.1, 0.15) is 5.75 Å². The number of quaternary nitrogens is 1. The molecule has 2 aromatic carbocycles. The fraction of sp³-hybridized carbons (Fsp3) is 0.440. The van der Waals surface area contributed by atoms with Crippen molar-refractivity contribution < 1.29 is 9.64 Å². The Morgan fingerprint density at radius 3 is 2.62 bits per heavy atom. The van der Waals surface area contributed by atoms with Crippen LogP contribution in [0.5, 0.6) is 5.75 Å². The Labute approximate surface area is 174 Å². The summed E-state index contributed by atoms with van der Waals surface area (Å²) in [7, 11) is 0. The van der Waals surface area contributed by atoms with Gasteiger partial charge in [-0.1, -0.05) is 35.9 Å². The molecule has 1 fully saturated rings. The van der Waals surface area contributed by atoms with Crippen LogP contribution in [0, 0.1) is 13.8 Å². The number of para-hydroxylation sites is 1. The first-order valence-corrected chi connectivity index (χ1v) is 10.9. The van der Waals surface area contributed by atoms with Crippen molar-refractivity contribution in [3.8, 4) is 5.75 Å². The van der Waals surface area contributed by atoms with Gasteiger partial charge >= 0.3 is 0 Å². The number of nitrogens with one attached hydrogen (secondary N) is 2. The highest BCUT2D eigenvalue weighted by Crippen LogP contribution is 2.47. The summed E-state index contributed by atoms with van der Waals surface area (Å²) in [5.74, 6) is 1.04. The minimum Gasteiger partial charge on any atom is -0.470 e. The molecule has 2 N–H and O–H groups in total. The molecule has 0 unspecified atom stereocenters. The molecule has 152 valence electrons. The molecule has 1 spiro atoms. The number of rotatable bonds is 2. The van der Waals surface area contributed by atoms with Gasteiger partial charge in [0.2, 0.25) is 0 Å². The van der Waals surface area contributed by atoms with Gasteiger partial charge in [0.05, 0.1) is 43.7 Å². The zero-order chi connectivity index (χ0) is 20.2. The van der Waals surface area contributed by atoms with E-state index in [0.29, 0.717) is 6.04 Å². The van der Waals surface area contributed by atoms with Gasteiger partial charge in [0.25, 0.3) is 0 Å². The van der Waals surface area contributed by atoms with E-state index in [1.54, 1.807) is 4.90 Å². The second-order valence-corrected chi connectivity index (χ2v) is 9.22. The highest BCUT2D eigenvalue weighted by Gasteiger charge is 2.52. The second-order valence-electron chi connectivity index (χ2n) is 9.22. The fourth-order valence-electron chi connectivity index (χ4n) is 5.18. The number of nitrogens with zero attached hydrogens (tertiary/aromatic N) is 1. The Hall–Kier alpha value is -2.30. The zero-order valence-electron chi connectivity index (χ0n) is 18.0. The maximum Gasteiger partial charge on any atom is 0.191 e. The summed E-state index contributed by atoms with van der Waals surface area (Å²) in [6, 6.07) is 16.1. The Morgan fingerprint density at radius 2 is 1.86 bits per heavy atom. The summed E-state index contributed by atoms with van der Waals surface area (Å²) in [5, 5.41) is 2.41. The maximum absolute atomic E-state index is 6.76. The molecular weight excluding hydrogens is 358 g/mol. The molecule has 1 atom stereocenters. The van der Waals surface area contributed by atoms with Crippen LogP contribution in [0.1, 0.15) is 55.0 Å². The molecule has 29 heavy (non-hydrogen) atoms. The van der Waals surface area contributed by atoms with Crippen molar-refractivity contribution in [1.82, 2.24) is 10.4 Å². The van der Waals surface area contributed by atoms with E-state index in [2.05, 4.69) is 86.7 Å². The van der Waals surface area contributed by atoms with Gasteiger partial charge in [0.15, 0.2) is 5.72 Å². The van der Waals surface area contributed by atoms with Crippen molar-refractivity contribution in [2.75, 3.05) is 13.1 Å². The lowest BCUT2D eigenvalue weighted by Gasteiger charge is -2.51. The quantitative estimate of drug-likeness (QED) is 0.824. The van der Waals surface area contributed by atoms with Crippen molar-refractivity contribution in [3.63, 3.8) is 0 Å². The Bertz CT molecular complexity index is 956. The van der Waals surface area contributed by atoms with Gasteiger partial charge in [-0.15, -0.1) is 0 Å². The lowest BCUT2D eigenvalue weighted by molar-refractivity contribution is -0.929. The molecule has 0 radical (unpaired) electrons. The van der Waals surface area contributed by atoms with Gasteiger partial charge in [-0.25, -0.2) is 0 Å². The van der Waals surface area contributed by atoms with Crippen LogP contribution in [-0.2, 0) is 0 Å². The average molecular weight is 391 g/mol. The first kappa shape index (κ1) is 18.7. The number of likely N-dealkylation sites (tertiary alicyclic amines) is 1. The van der Waals surface area contributed by atoms with Crippen LogP contribution in [-0.4, -0.2) is 29.9 Å². The van der Waals surface area contributed by atoms with Crippen molar-refractivity contribution in [3.05, 3.63) is 70.8 Å². The van der Waals surface area contributed by atoms with Crippen LogP contribution in [0.2, 0.25) is 0 Å². The fourth-order valence-corrected chi connectivity index (χ4v) is 5.18. The zero-order valence-corrected chi connectivity index (χ0v) is 18.0. The first-order valence-electron chi connectivity index (χ1n) is 10.9. The van der Waals surface area contributed by atoms with Crippen LogP contribution < -0.4 is 15.1 Å². The largest absolute Gasteiger partial charge is 0.470 e. The lowest BCUT2D eigenvalue weighted by atomic mass is 9.92. The molecule has 0 aromatic heterocycles. The van der Waals surface area contributed by atoms with Gasteiger partial charge < -0.3 is 15.1 Å². The van der Waals surface area contributed by atoms with E-state index < -0.39 is 0 Å². The number of benzene rings is 2. The molecule has 0 aliphatic carbocycles. The Balaban J connectivity index is 1.54. The summed E-state index contributed by atoms with van der Waals surface area (Å²) in [5.41, 5.74) is 9.84. The van der Waals surface area contributed by atoms with Gasteiger partial charge in [-0.3, -0.25) is 0 Å². The Kier molecular flexibility index (Phi) is 4.45. The molecule has 2 aromatic rings. The number of hydrazine groups is 1. The predicted octanol–water partition coefficient (Wildman–Crippen LogP) is 3.38. The second kappa shape index (κ2) is 6.89. The van der Waals surface area contributed by atoms with E-state index in [-0.39, 0.29) is 11.8 Å². The smallest absolute Gasteiger partial charge is 0.191 e. The van der Waals surface area contributed by atoms with Gasteiger partial charge in [0, 0.05) is 11.1 Å². The number of fused-ring (bicyclic) bond motifs is 4. The highest BCUT2D eigenvalue weighted by atomic mass is 16.5. The van der Waals surface area contributed by atoms with Crippen molar-refractivity contribution in [2.45, 2.75) is 58.3 Å². The normalized spacial score (nSPS) is 28.5.